The van der Waals surface area contributed by atoms with Crippen molar-refractivity contribution in [3.63, 3.8) is 0 Å². The Bertz CT molecular complexity index is 1380. The van der Waals surface area contributed by atoms with Gasteiger partial charge in [0.15, 0.2) is 19.7 Å². The van der Waals surface area contributed by atoms with Gasteiger partial charge in [0.2, 0.25) is 13.9 Å². The summed E-state index contributed by atoms with van der Waals surface area (Å²) < 4.78 is 25.8. The molecule has 2 fully saturated rings. The molecule has 2 aromatic carbocycles. The number of carbonyl (C=O) groups excluding carboxylic acids is 1. The summed E-state index contributed by atoms with van der Waals surface area (Å²) >= 11 is 0. The number of ether oxygens (including phenoxy) is 3. The van der Waals surface area contributed by atoms with Gasteiger partial charge in [-0.1, -0.05) is 108 Å². The van der Waals surface area contributed by atoms with Crippen LogP contribution in [0.15, 0.2) is 60.7 Å². The molecule has 0 amide bonds. The molecule has 236 valence electrons. The van der Waals surface area contributed by atoms with Gasteiger partial charge in [0, 0.05) is 6.42 Å². The lowest BCUT2D eigenvalue weighted by Gasteiger charge is -2.39. The van der Waals surface area contributed by atoms with E-state index in [2.05, 4.69) is 121 Å². The Kier molecular flexibility index (Phi) is 9.66. The molecule has 2 aliphatic heterocycles. The third-order valence-electron chi connectivity index (χ3n) is 9.63. The van der Waals surface area contributed by atoms with Gasteiger partial charge >= 0.3 is 0 Å². The number of hydrogen-bond acceptors (Lipinski definition) is 5. The lowest BCUT2D eigenvalue weighted by atomic mass is 9.90. The number of fused-ring (bicyclic) bond motifs is 1. The van der Waals surface area contributed by atoms with Crippen molar-refractivity contribution < 1.29 is 23.4 Å². The van der Waals surface area contributed by atoms with E-state index in [-0.39, 0.29) is 34.8 Å². The first-order valence-corrected chi connectivity index (χ1v) is 20.6. The second kappa shape index (κ2) is 12.4. The quantitative estimate of drug-likeness (QED) is 0.255. The first-order valence-electron chi connectivity index (χ1n) is 15.7. The van der Waals surface area contributed by atoms with Gasteiger partial charge in [-0.25, -0.2) is 0 Å². The highest BCUT2D eigenvalue weighted by Crippen LogP contribution is 2.47. The molecule has 4 rings (SSSR count). The van der Waals surface area contributed by atoms with Crippen molar-refractivity contribution in [2.45, 2.75) is 121 Å². The summed E-state index contributed by atoms with van der Waals surface area (Å²) in [5.41, 5.74) is 2.49. The molecule has 0 unspecified atom stereocenters. The van der Waals surface area contributed by atoms with E-state index in [4.69, 9.17) is 25.1 Å². The molecule has 0 aromatic heterocycles. The van der Waals surface area contributed by atoms with Gasteiger partial charge in [-0.05, 0) is 59.7 Å². The minimum absolute atomic E-state index is 0.0523. The number of benzene rings is 2. The van der Waals surface area contributed by atoms with Gasteiger partial charge in [0.1, 0.15) is 18.3 Å². The average Bonchev–Trinajstić information content (AvgIpc) is 3.42. The Balaban J connectivity index is 1.61. The smallest absolute Gasteiger partial charge is 0.205 e. The van der Waals surface area contributed by atoms with Crippen LogP contribution in [0.4, 0.5) is 0 Å². The Morgan fingerprint density at radius 1 is 0.886 bits per heavy atom. The summed E-state index contributed by atoms with van der Waals surface area (Å²) in [7, 11) is -4.75. The minimum Gasteiger partial charge on any atom is -0.414 e. The van der Waals surface area contributed by atoms with E-state index in [0.29, 0.717) is 6.61 Å². The molecule has 0 radical (unpaired) electrons. The van der Waals surface area contributed by atoms with Crippen molar-refractivity contribution in [2.24, 2.45) is 0 Å². The molecule has 0 bridgehead atoms. The van der Waals surface area contributed by atoms with E-state index in [1.54, 1.807) is 0 Å². The van der Waals surface area contributed by atoms with Gasteiger partial charge in [-0.2, -0.15) is 0 Å². The fourth-order valence-electron chi connectivity index (χ4n) is 6.12. The van der Waals surface area contributed by atoms with Crippen molar-refractivity contribution >= 4 is 32.5 Å². The highest BCUT2D eigenvalue weighted by atomic mass is 28.4. The molecule has 0 spiro atoms. The summed E-state index contributed by atoms with van der Waals surface area (Å²) in [5, 5.41) is 2.24. The second-order valence-electron chi connectivity index (χ2n) is 15.2. The highest BCUT2D eigenvalue weighted by molar-refractivity contribution is 7.10. The molecule has 7 heteroatoms. The van der Waals surface area contributed by atoms with E-state index in [1.165, 1.54) is 10.4 Å². The zero-order valence-electron chi connectivity index (χ0n) is 28.2. The van der Waals surface area contributed by atoms with Gasteiger partial charge < -0.3 is 18.6 Å². The Morgan fingerprint density at radius 3 is 1.91 bits per heavy atom. The molecule has 0 aliphatic carbocycles. The molecule has 0 saturated carbocycles. The van der Waals surface area contributed by atoms with E-state index < -0.39 is 40.0 Å². The Labute approximate surface area is 267 Å². The van der Waals surface area contributed by atoms with Crippen LogP contribution in [0.2, 0.25) is 23.2 Å². The number of carbonyl (C=O) groups is 1. The zero-order chi connectivity index (χ0) is 32.6. The lowest BCUT2D eigenvalue weighted by Crippen LogP contribution is -2.63. The fourth-order valence-corrected chi connectivity index (χ4v) is 11.6. The molecule has 2 aromatic rings. The van der Waals surface area contributed by atoms with Gasteiger partial charge in [-0.15, -0.1) is 12.0 Å². The summed E-state index contributed by atoms with van der Waals surface area (Å²) in [6, 6.07) is 20.8. The van der Waals surface area contributed by atoms with Crippen molar-refractivity contribution in [2.75, 3.05) is 6.61 Å². The van der Waals surface area contributed by atoms with Crippen LogP contribution in [0.25, 0.3) is 0 Å². The topological polar surface area (TPSA) is 54.0 Å². The van der Waals surface area contributed by atoms with E-state index in [1.807, 2.05) is 26.0 Å². The largest absolute Gasteiger partial charge is 0.414 e. The summed E-state index contributed by atoms with van der Waals surface area (Å²) in [6.07, 6.45) is 5.33. The van der Waals surface area contributed by atoms with Crippen LogP contribution >= 0.6 is 0 Å². The van der Waals surface area contributed by atoms with Gasteiger partial charge in [-0.3, -0.25) is 4.79 Å². The number of ketones is 1. The molecular weight excluding hydrogens is 581 g/mol. The Hall–Kier alpha value is -2.50. The number of Topliss-reactive ketones (excluding diaryl/α,β-unsaturated/α-hetero) is 1. The van der Waals surface area contributed by atoms with Crippen LogP contribution in [0.3, 0.4) is 0 Å². The number of terminal acetylenes is 1. The van der Waals surface area contributed by atoms with Crippen molar-refractivity contribution in [3.8, 4) is 23.8 Å². The second-order valence-corrected chi connectivity index (χ2v) is 24.4. The van der Waals surface area contributed by atoms with Crippen LogP contribution in [-0.4, -0.2) is 58.5 Å². The molecular formula is C37H50O5Si2. The molecule has 5 nitrogen and oxygen atoms in total. The Morgan fingerprint density at radius 2 is 1.43 bits per heavy atom. The maximum atomic E-state index is 13.6. The maximum Gasteiger partial charge on any atom is 0.205 e. The predicted molar refractivity (Wildman–Crippen MR) is 183 cm³/mol. The predicted octanol–water partition coefficient (Wildman–Crippen LogP) is 6.25. The third-order valence-corrected chi connectivity index (χ3v) is 19.3. The van der Waals surface area contributed by atoms with E-state index in [9.17, 15) is 4.79 Å². The van der Waals surface area contributed by atoms with Crippen LogP contribution in [0.1, 0.15) is 68.2 Å². The lowest BCUT2D eigenvalue weighted by molar-refractivity contribution is -0.202. The van der Waals surface area contributed by atoms with E-state index >= 15 is 0 Å². The molecule has 2 aliphatic rings. The maximum absolute atomic E-state index is 13.6. The van der Waals surface area contributed by atoms with Crippen molar-refractivity contribution in [3.05, 3.63) is 60.7 Å². The standard InChI is InChI=1S/C37H50O5Si2/c1-12-37(33-32(41-36(8,9)42-33)31(40-37)27-39-43(10,11)34(2,3)4)25-23-28(38)24-26-44(35(5,6)7,29-19-15-13-16-20-29)30-21-17-14-18-22-30/h1,13-22,31-33H,23,25,27H2,2-11H3/t31-,32-,33-,37+/m1/s1. The van der Waals surface area contributed by atoms with Crippen LogP contribution in [-0.2, 0) is 23.4 Å². The zero-order valence-corrected chi connectivity index (χ0v) is 30.2. The molecule has 44 heavy (non-hydrogen) atoms. The van der Waals surface area contributed by atoms with Crippen LogP contribution in [0, 0.1) is 23.8 Å². The first-order chi connectivity index (χ1) is 20.4. The average molecular weight is 631 g/mol. The summed E-state index contributed by atoms with van der Waals surface area (Å²) in [6.45, 7) is 21.9. The number of hydrogen-bond donors (Lipinski definition) is 0. The minimum atomic E-state index is -2.71. The molecule has 2 saturated heterocycles. The van der Waals surface area contributed by atoms with Gasteiger partial charge in [0.05, 0.1) is 6.61 Å². The molecule has 4 atom stereocenters. The SMILES string of the molecule is C#C[C@@]1(CCC(=O)C#C[Si](c2ccccc2)(c2ccccc2)C(C)(C)C)O[C@H](CO[Si](C)(C)C(C)(C)C)[C@H]2OC(C)(C)O[C@H]21. The van der Waals surface area contributed by atoms with Gasteiger partial charge in [0.25, 0.3) is 0 Å². The van der Waals surface area contributed by atoms with Crippen LogP contribution in [0.5, 0.6) is 0 Å². The summed E-state index contributed by atoms with van der Waals surface area (Å²) in [4.78, 5) is 13.6. The fraction of sp³-hybridized carbons (Fsp3) is 0.541. The number of rotatable bonds is 8. The van der Waals surface area contributed by atoms with E-state index in [0.717, 1.165) is 0 Å². The third kappa shape index (κ3) is 6.70. The monoisotopic (exact) mass is 630 g/mol. The summed E-state index contributed by atoms with van der Waals surface area (Å²) in [5.74, 6) is 5.01. The molecule has 0 N–H and O–H groups in total. The van der Waals surface area contributed by atoms with Crippen molar-refractivity contribution in [1.82, 2.24) is 0 Å². The normalized spacial score (nSPS) is 25.1. The highest BCUT2D eigenvalue weighted by Gasteiger charge is 2.62. The first kappa shape index (κ1) is 34.4. The van der Waals surface area contributed by atoms with Crippen molar-refractivity contribution in [1.29, 1.82) is 0 Å². The molecule has 2 heterocycles. The van der Waals surface area contributed by atoms with Crippen LogP contribution < -0.4 is 10.4 Å².